The molecular formula is C56H24Br4I4S12. The van der Waals surface area contributed by atoms with Gasteiger partial charge in [0.25, 0.3) is 0 Å². The number of thiophene rings is 12. The van der Waals surface area contributed by atoms with Crippen LogP contribution in [0.3, 0.4) is 0 Å². The minimum Gasteiger partial charge on any atom is -0.133 e. The molecule has 0 N–H and O–H groups in total. The predicted octanol–water partition coefficient (Wildman–Crippen LogP) is 29.0. The van der Waals surface area contributed by atoms with Crippen LogP contribution in [0, 0.1) is 42.0 Å². The molecule has 0 aliphatic carbocycles. The molecule has 0 aliphatic rings. The van der Waals surface area contributed by atoms with E-state index in [1.807, 2.05) is 136 Å². The molecule has 20 heteroatoms. The lowest BCUT2D eigenvalue weighted by molar-refractivity contribution is 1.52. The molecule has 12 aromatic heterocycles. The Balaban J connectivity index is 0.000000133. The molecule has 0 bridgehead atoms. The van der Waals surface area contributed by atoms with E-state index in [-0.39, 0.29) is 0 Å². The first-order valence-corrected chi connectivity index (χ1v) is 40.1. The molecule has 0 radical (unpaired) electrons. The van der Waals surface area contributed by atoms with Crippen LogP contribution in [0.25, 0.3) is 136 Å². The third-order valence-electron chi connectivity index (χ3n) is 13.3. The molecule has 0 atom stereocenters. The summed E-state index contributed by atoms with van der Waals surface area (Å²) in [6, 6.07) is 27.1. The smallest absolute Gasteiger partial charge is 0.0651 e. The topological polar surface area (TPSA) is 0 Å². The van der Waals surface area contributed by atoms with Gasteiger partial charge in [-0.05, 0) is 228 Å². The van der Waals surface area contributed by atoms with E-state index >= 15 is 0 Å². The van der Waals surface area contributed by atoms with E-state index in [0.29, 0.717) is 0 Å². The third-order valence-corrected chi connectivity index (χ3v) is 40.9. The van der Waals surface area contributed by atoms with E-state index in [9.17, 15) is 0 Å². The molecule has 0 fully saturated rings. The average molecular weight is 1910 g/mol. The number of hydrogen-bond donors (Lipinski definition) is 0. The van der Waals surface area contributed by atoms with Crippen molar-refractivity contribution in [2.45, 2.75) is 27.7 Å². The monoisotopic (exact) mass is 1900 g/mol. The summed E-state index contributed by atoms with van der Waals surface area (Å²) in [5.74, 6) is 0. The van der Waals surface area contributed by atoms with Gasteiger partial charge < -0.3 is 0 Å². The van der Waals surface area contributed by atoms with E-state index in [4.69, 9.17) is 0 Å². The van der Waals surface area contributed by atoms with Crippen LogP contribution in [0.4, 0.5) is 0 Å². The number of benzene rings is 4. The molecule has 0 saturated heterocycles. The summed E-state index contributed by atoms with van der Waals surface area (Å²) in [5.41, 5.74) is 5.26. The molecule has 12 heterocycles. The number of aryl methyl sites for hydroxylation is 4. The Hall–Kier alpha value is 0.720. The van der Waals surface area contributed by atoms with Crippen molar-refractivity contribution in [2.75, 3.05) is 0 Å². The number of halogens is 8. The minimum absolute atomic E-state index is 1.20. The highest BCUT2D eigenvalue weighted by Gasteiger charge is 2.29. The van der Waals surface area contributed by atoms with E-state index in [1.165, 1.54) is 190 Å². The summed E-state index contributed by atoms with van der Waals surface area (Å²) in [4.78, 5) is 11.0. The number of hydrogen-bond acceptors (Lipinski definition) is 12. The van der Waals surface area contributed by atoms with Crippen molar-refractivity contribution in [2.24, 2.45) is 0 Å². The largest absolute Gasteiger partial charge is 0.133 e. The quantitative estimate of drug-likeness (QED) is 0.154. The maximum Gasteiger partial charge on any atom is 0.0651 e. The summed E-state index contributed by atoms with van der Waals surface area (Å²) in [7, 11) is 0. The highest BCUT2D eigenvalue weighted by Crippen LogP contribution is 2.61. The van der Waals surface area contributed by atoms with Crippen LogP contribution in [-0.4, -0.2) is 0 Å². The molecule has 16 aromatic rings. The van der Waals surface area contributed by atoms with Gasteiger partial charge in [0, 0.05) is 56.4 Å². The van der Waals surface area contributed by atoms with Crippen molar-refractivity contribution in [3.8, 4) is 39.0 Å². The zero-order valence-corrected chi connectivity index (χ0v) is 63.6. The molecule has 0 saturated carbocycles. The van der Waals surface area contributed by atoms with Crippen LogP contribution in [-0.2, 0) is 0 Å². The Kier molecular flexibility index (Phi) is 14.2. The fraction of sp³-hybridized carbons (Fsp3) is 0.0714. The average Bonchev–Trinajstić information content (AvgIpc) is 4.31. The Morgan fingerprint density at radius 3 is 0.868 bits per heavy atom. The van der Waals surface area contributed by atoms with Gasteiger partial charge in [-0.1, -0.05) is 48.5 Å². The number of rotatable bonds is 4. The Morgan fingerprint density at radius 1 is 0.250 bits per heavy atom. The van der Waals surface area contributed by atoms with E-state index in [1.54, 1.807) is 0 Å². The second kappa shape index (κ2) is 20.2. The van der Waals surface area contributed by atoms with Crippen molar-refractivity contribution in [3.63, 3.8) is 0 Å². The first kappa shape index (κ1) is 53.4. The normalized spacial score (nSPS) is 12.5. The molecule has 76 heavy (non-hydrogen) atoms. The molecular weight excluding hydrogens is 1880 g/mol. The molecule has 16 rings (SSSR count). The van der Waals surface area contributed by atoms with Gasteiger partial charge in [-0.15, -0.1) is 136 Å². The molecule has 0 nitrogen and oxygen atoms in total. The molecule has 0 unspecified atom stereocenters. The zero-order valence-electron chi connectivity index (χ0n) is 38.9. The van der Waals surface area contributed by atoms with Gasteiger partial charge in [0.15, 0.2) is 0 Å². The van der Waals surface area contributed by atoms with E-state index in [0.717, 1.165) is 0 Å². The Morgan fingerprint density at radius 2 is 0.500 bits per heavy atom. The van der Waals surface area contributed by atoms with Gasteiger partial charge in [0.2, 0.25) is 0 Å². The van der Waals surface area contributed by atoms with Gasteiger partial charge in [-0.3, -0.25) is 0 Å². The zero-order chi connectivity index (χ0) is 52.1. The summed E-state index contributed by atoms with van der Waals surface area (Å²) >= 11 is 49.6. The molecule has 0 amide bonds. The van der Waals surface area contributed by atoms with Gasteiger partial charge >= 0.3 is 0 Å². The highest BCUT2D eigenvalue weighted by atomic mass is 127. The van der Waals surface area contributed by atoms with Crippen molar-refractivity contribution >= 4 is 387 Å². The molecule has 0 spiro atoms. The SMILES string of the molecule is Cc1ccc2c(Br)c(-c3sc4c(sc5c6sc(-c7sc8cc(C)ccc8c7Br)c(Br)c6sc45)c3Br)sc2c1.Cc1ccc2c(I)c(-c3sc4c(sc5c6sc(-c7sc8cc(C)ccc8c7I)c(I)c6sc45)c3I)sc2c1. The van der Waals surface area contributed by atoms with Crippen molar-refractivity contribution in [1.29, 1.82) is 0 Å². The first-order valence-electron chi connectivity index (χ1n) is 22.9. The van der Waals surface area contributed by atoms with Gasteiger partial charge in [-0.2, -0.15) is 0 Å². The van der Waals surface area contributed by atoms with Crippen LogP contribution >= 0.6 is 290 Å². The van der Waals surface area contributed by atoms with Crippen LogP contribution in [0.15, 0.2) is 90.7 Å². The van der Waals surface area contributed by atoms with Crippen LogP contribution in [0.5, 0.6) is 0 Å². The lowest BCUT2D eigenvalue weighted by Crippen LogP contribution is -1.74. The second-order valence-corrected chi connectivity index (χ2v) is 38.2. The minimum atomic E-state index is 1.20. The standard InChI is InChI=1S/C28H12Br4S6.C28H12I4S6/c2*1-9-3-5-11-13(7-9)33-19(15(11)29)21-17(31)23-25(35-21)27-28(37-23)26-24(38-27)18(32)22(36-26)20-16(30)12-6-4-10(2)8-14(12)34-20/h2*3-8H,1-2H3. The lowest BCUT2D eigenvalue weighted by Gasteiger charge is -1.96. The van der Waals surface area contributed by atoms with Crippen molar-refractivity contribution < 1.29 is 0 Å². The maximum absolute atomic E-state index is 4.01. The molecule has 4 aromatic carbocycles. The van der Waals surface area contributed by atoms with Crippen molar-refractivity contribution in [3.05, 3.63) is 127 Å². The third kappa shape index (κ3) is 8.34. The molecule has 0 aliphatic heterocycles. The van der Waals surface area contributed by atoms with Crippen LogP contribution in [0.1, 0.15) is 22.3 Å². The van der Waals surface area contributed by atoms with Crippen molar-refractivity contribution in [1.82, 2.24) is 0 Å². The summed E-state index contributed by atoms with van der Waals surface area (Å²) < 4.78 is 33.1. The van der Waals surface area contributed by atoms with Crippen LogP contribution < -0.4 is 0 Å². The highest BCUT2D eigenvalue weighted by molar-refractivity contribution is 14.1. The molecule has 376 valence electrons. The fourth-order valence-electron chi connectivity index (χ4n) is 9.60. The Labute approximate surface area is 570 Å². The lowest BCUT2D eigenvalue weighted by atomic mass is 10.2. The fourth-order valence-corrected chi connectivity index (χ4v) is 36.7. The predicted molar refractivity (Wildman–Crippen MR) is 405 cm³/mol. The van der Waals surface area contributed by atoms with E-state index in [2.05, 4.69) is 255 Å². The van der Waals surface area contributed by atoms with Gasteiger partial charge in [0.05, 0.1) is 112 Å². The first-order chi connectivity index (χ1) is 36.6. The second-order valence-electron chi connectivity index (χ2n) is 18.3. The van der Waals surface area contributed by atoms with E-state index < -0.39 is 0 Å². The van der Waals surface area contributed by atoms with Gasteiger partial charge in [0.1, 0.15) is 0 Å². The van der Waals surface area contributed by atoms with Gasteiger partial charge in [-0.25, -0.2) is 0 Å². The maximum atomic E-state index is 4.01. The summed E-state index contributed by atoms with van der Waals surface area (Å²) in [6.45, 7) is 8.69. The summed E-state index contributed by atoms with van der Waals surface area (Å²) in [6.07, 6.45) is 0. The van der Waals surface area contributed by atoms with Crippen LogP contribution in [0.2, 0.25) is 0 Å². The Bertz CT molecular complexity index is 4540. The number of fused-ring (bicyclic) bond motifs is 14. The summed E-state index contributed by atoms with van der Waals surface area (Å²) in [5, 5.41) is 5.36.